The number of aliphatic hydroxyl groups is 1. The molecule has 0 aliphatic carbocycles. The summed E-state index contributed by atoms with van der Waals surface area (Å²) in [7, 11) is 0. The molecule has 1 aromatic carbocycles. The van der Waals surface area contributed by atoms with E-state index in [1.54, 1.807) is 0 Å². The van der Waals surface area contributed by atoms with Gasteiger partial charge in [-0.25, -0.2) is 13.2 Å². The van der Waals surface area contributed by atoms with E-state index in [4.69, 9.17) is 0 Å². The Kier molecular flexibility index (Phi) is 5.11. The molecule has 1 amide bonds. The van der Waals surface area contributed by atoms with E-state index in [1.807, 2.05) is 0 Å². The highest BCUT2D eigenvalue weighted by atomic mass is 19.3. The van der Waals surface area contributed by atoms with Gasteiger partial charge in [0.2, 0.25) is 5.91 Å². The zero-order chi connectivity index (χ0) is 16.3. The van der Waals surface area contributed by atoms with Crippen molar-refractivity contribution >= 4 is 5.91 Å². The molecule has 122 valence electrons. The Morgan fingerprint density at radius 2 is 2.05 bits per heavy atom. The van der Waals surface area contributed by atoms with Gasteiger partial charge in [0.05, 0.1) is 12.5 Å². The normalized spacial score (nSPS) is 20.2. The Morgan fingerprint density at radius 3 is 2.64 bits per heavy atom. The predicted molar refractivity (Wildman–Crippen MR) is 75.9 cm³/mol. The molecule has 0 unspecified atom stereocenters. The molecule has 1 fully saturated rings. The molecular formula is C16H20F3NO2. The van der Waals surface area contributed by atoms with Crippen LogP contribution in [0, 0.1) is 5.82 Å². The minimum Gasteiger partial charge on any atom is -0.388 e. The summed E-state index contributed by atoms with van der Waals surface area (Å²) in [6, 6.07) is 5.24. The first kappa shape index (κ1) is 16.8. The van der Waals surface area contributed by atoms with Crippen molar-refractivity contribution < 1.29 is 23.1 Å². The van der Waals surface area contributed by atoms with E-state index in [9.17, 15) is 23.1 Å². The van der Waals surface area contributed by atoms with Gasteiger partial charge in [-0.15, -0.1) is 0 Å². The van der Waals surface area contributed by atoms with Gasteiger partial charge in [0.25, 0.3) is 5.92 Å². The number of halogens is 3. The van der Waals surface area contributed by atoms with Crippen molar-refractivity contribution in [2.75, 3.05) is 6.54 Å². The van der Waals surface area contributed by atoms with Gasteiger partial charge >= 0.3 is 0 Å². The summed E-state index contributed by atoms with van der Waals surface area (Å²) in [4.78, 5) is 13.4. The minimum absolute atomic E-state index is 0.255. The molecule has 1 aliphatic heterocycles. The first-order chi connectivity index (χ1) is 10.3. The summed E-state index contributed by atoms with van der Waals surface area (Å²) in [6.45, 7) is 1.17. The molecule has 1 saturated heterocycles. The van der Waals surface area contributed by atoms with Gasteiger partial charge in [0, 0.05) is 12.6 Å². The molecular weight excluding hydrogens is 295 g/mol. The number of alkyl halides is 2. The maximum absolute atomic E-state index is 13.0. The van der Waals surface area contributed by atoms with Crippen LogP contribution in [0.5, 0.6) is 0 Å². The maximum atomic E-state index is 13.0. The van der Waals surface area contributed by atoms with Crippen LogP contribution >= 0.6 is 0 Å². The lowest BCUT2D eigenvalue weighted by Gasteiger charge is -2.27. The van der Waals surface area contributed by atoms with Gasteiger partial charge in [-0.05, 0) is 43.9 Å². The Balaban J connectivity index is 1.98. The third-order valence-corrected chi connectivity index (χ3v) is 3.91. The fourth-order valence-electron chi connectivity index (χ4n) is 2.85. The zero-order valence-electron chi connectivity index (χ0n) is 12.4. The Hall–Kier alpha value is -1.56. The fraction of sp³-hybridized carbons (Fsp3) is 0.562. The summed E-state index contributed by atoms with van der Waals surface area (Å²) in [5.74, 6) is -4.00. The van der Waals surface area contributed by atoms with Gasteiger partial charge in [-0.1, -0.05) is 12.1 Å². The van der Waals surface area contributed by atoms with Crippen LogP contribution in [0.4, 0.5) is 13.2 Å². The standard InChI is InChI=1S/C16H20F3NO2/c1-16(18,19)10-15(22)20-8-2-3-13(20)9-14(21)11-4-6-12(17)7-5-11/h4-7,13-14,21H,2-3,8-10H2,1H3/t13-,14-/m0/s1. The molecule has 1 aromatic rings. The summed E-state index contributed by atoms with van der Waals surface area (Å²) in [6.07, 6.45) is 0.0327. The number of carbonyl (C=O) groups is 1. The smallest absolute Gasteiger partial charge is 0.254 e. The van der Waals surface area contributed by atoms with Crippen molar-refractivity contribution in [3.63, 3.8) is 0 Å². The van der Waals surface area contributed by atoms with Crippen LogP contribution < -0.4 is 0 Å². The summed E-state index contributed by atoms with van der Waals surface area (Å²) in [5.41, 5.74) is 0.557. The largest absolute Gasteiger partial charge is 0.388 e. The van der Waals surface area contributed by atoms with E-state index in [-0.39, 0.29) is 12.5 Å². The predicted octanol–water partition coefficient (Wildman–Crippen LogP) is 3.29. The summed E-state index contributed by atoms with van der Waals surface area (Å²) in [5, 5.41) is 10.2. The first-order valence-electron chi connectivity index (χ1n) is 7.37. The lowest BCUT2D eigenvalue weighted by molar-refractivity contribution is -0.139. The summed E-state index contributed by atoms with van der Waals surface area (Å²) < 4.78 is 38.8. The monoisotopic (exact) mass is 315 g/mol. The van der Waals surface area contributed by atoms with Crippen molar-refractivity contribution in [2.24, 2.45) is 0 Å². The van der Waals surface area contributed by atoms with E-state index in [0.29, 0.717) is 18.5 Å². The van der Waals surface area contributed by atoms with Crippen molar-refractivity contribution in [1.29, 1.82) is 0 Å². The second kappa shape index (κ2) is 6.69. The molecule has 0 bridgehead atoms. The van der Waals surface area contributed by atoms with E-state index in [1.165, 1.54) is 29.2 Å². The van der Waals surface area contributed by atoms with Crippen molar-refractivity contribution in [2.45, 2.75) is 50.7 Å². The zero-order valence-corrected chi connectivity index (χ0v) is 12.4. The lowest BCUT2D eigenvalue weighted by atomic mass is 10.00. The van der Waals surface area contributed by atoms with Gasteiger partial charge in [-0.3, -0.25) is 4.79 Å². The highest BCUT2D eigenvalue weighted by molar-refractivity contribution is 5.77. The molecule has 1 heterocycles. The molecule has 3 nitrogen and oxygen atoms in total. The van der Waals surface area contributed by atoms with Gasteiger partial charge < -0.3 is 10.0 Å². The van der Waals surface area contributed by atoms with Crippen LogP contribution in [0.25, 0.3) is 0 Å². The molecule has 0 spiro atoms. The number of benzene rings is 1. The second-order valence-electron chi connectivity index (χ2n) is 5.93. The topological polar surface area (TPSA) is 40.5 Å². The molecule has 2 atom stereocenters. The number of hydrogen-bond donors (Lipinski definition) is 1. The van der Waals surface area contributed by atoms with Crippen molar-refractivity contribution in [3.05, 3.63) is 35.6 Å². The first-order valence-corrected chi connectivity index (χ1v) is 7.37. The third kappa shape index (κ3) is 4.47. The highest BCUT2D eigenvalue weighted by Crippen LogP contribution is 2.29. The SMILES string of the molecule is CC(F)(F)CC(=O)N1CCC[C@H]1C[C@H](O)c1ccc(F)cc1. The van der Waals surface area contributed by atoms with Crippen LogP contribution in [0.3, 0.4) is 0 Å². The number of hydrogen-bond acceptors (Lipinski definition) is 2. The van der Waals surface area contributed by atoms with E-state index in [2.05, 4.69) is 0 Å². The van der Waals surface area contributed by atoms with Gasteiger partial charge in [0.15, 0.2) is 0 Å². The number of likely N-dealkylation sites (tertiary alicyclic amines) is 1. The third-order valence-electron chi connectivity index (χ3n) is 3.91. The number of nitrogens with zero attached hydrogens (tertiary/aromatic N) is 1. The average Bonchev–Trinajstić information content (AvgIpc) is 2.85. The molecule has 6 heteroatoms. The molecule has 0 aromatic heterocycles. The molecule has 22 heavy (non-hydrogen) atoms. The van der Waals surface area contributed by atoms with E-state index in [0.717, 1.165) is 13.3 Å². The minimum atomic E-state index is -3.03. The van der Waals surface area contributed by atoms with Crippen molar-refractivity contribution in [3.8, 4) is 0 Å². The quantitative estimate of drug-likeness (QED) is 0.906. The number of rotatable bonds is 5. The van der Waals surface area contributed by atoms with Crippen LogP contribution in [0.2, 0.25) is 0 Å². The van der Waals surface area contributed by atoms with Gasteiger partial charge in [0.1, 0.15) is 5.82 Å². The second-order valence-corrected chi connectivity index (χ2v) is 5.93. The Bertz CT molecular complexity index is 513. The molecule has 0 saturated carbocycles. The Morgan fingerprint density at radius 1 is 1.41 bits per heavy atom. The van der Waals surface area contributed by atoms with Crippen LogP contribution in [-0.2, 0) is 4.79 Å². The van der Waals surface area contributed by atoms with Crippen LogP contribution in [0.1, 0.15) is 44.3 Å². The Labute approximate surface area is 127 Å². The molecule has 1 aliphatic rings. The molecule has 1 N–H and O–H groups in total. The maximum Gasteiger partial charge on any atom is 0.254 e. The number of amides is 1. The van der Waals surface area contributed by atoms with E-state index >= 15 is 0 Å². The van der Waals surface area contributed by atoms with Crippen LogP contribution in [0.15, 0.2) is 24.3 Å². The van der Waals surface area contributed by atoms with Crippen LogP contribution in [-0.4, -0.2) is 34.4 Å². The summed E-state index contributed by atoms with van der Waals surface area (Å²) >= 11 is 0. The lowest BCUT2D eigenvalue weighted by Crippen LogP contribution is -2.38. The fourth-order valence-corrected chi connectivity index (χ4v) is 2.85. The highest BCUT2D eigenvalue weighted by Gasteiger charge is 2.35. The van der Waals surface area contributed by atoms with E-state index < -0.39 is 30.2 Å². The number of aliphatic hydroxyl groups excluding tert-OH is 1. The molecule has 2 rings (SSSR count). The number of carbonyl (C=O) groups excluding carboxylic acids is 1. The van der Waals surface area contributed by atoms with Crippen molar-refractivity contribution in [1.82, 2.24) is 4.90 Å². The average molecular weight is 315 g/mol. The van der Waals surface area contributed by atoms with Gasteiger partial charge in [-0.2, -0.15) is 0 Å². The molecule has 0 radical (unpaired) electrons.